The van der Waals surface area contributed by atoms with Crippen LogP contribution in [0.5, 0.6) is 0 Å². The van der Waals surface area contributed by atoms with Gasteiger partial charge in [0.05, 0.1) is 0 Å². The Labute approximate surface area is 61.3 Å². The standard InChI is InChI=1S/C7H18OSi/c1-3-7(4-2)5-6-8-9/h7H,3-6H2,1-2,9H3. The van der Waals surface area contributed by atoms with Gasteiger partial charge in [0.15, 0.2) is 0 Å². The zero-order chi connectivity index (χ0) is 7.11. The molecule has 0 aliphatic rings. The maximum Gasteiger partial charge on any atom is 0.145 e. The summed E-state index contributed by atoms with van der Waals surface area (Å²) in [5.74, 6) is 0.902. The van der Waals surface area contributed by atoms with Gasteiger partial charge >= 0.3 is 0 Å². The molecule has 0 aliphatic heterocycles. The van der Waals surface area contributed by atoms with Crippen LogP contribution in [-0.2, 0) is 4.43 Å². The maximum atomic E-state index is 5.11. The zero-order valence-corrected chi connectivity index (χ0v) is 8.81. The predicted octanol–water partition coefficient (Wildman–Crippen LogP) is 1.11. The lowest BCUT2D eigenvalue weighted by molar-refractivity contribution is 0.292. The van der Waals surface area contributed by atoms with Crippen molar-refractivity contribution in [1.82, 2.24) is 0 Å². The van der Waals surface area contributed by atoms with Crippen LogP contribution in [-0.4, -0.2) is 17.1 Å². The highest BCUT2D eigenvalue weighted by atomic mass is 28.2. The highest BCUT2D eigenvalue weighted by molar-refractivity contribution is 5.97. The third-order valence-electron chi connectivity index (χ3n) is 1.88. The Bertz CT molecular complexity index is 52.9. The largest absolute Gasteiger partial charge is 0.428 e. The quantitative estimate of drug-likeness (QED) is 0.528. The first kappa shape index (κ1) is 9.18. The third-order valence-corrected chi connectivity index (χ3v) is 2.29. The molecule has 0 atom stereocenters. The molecule has 0 amide bonds. The van der Waals surface area contributed by atoms with Gasteiger partial charge in [0.1, 0.15) is 10.5 Å². The van der Waals surface area contributed by atoms with Crippen LogP contribution in [0.15, 0.2) is 0 Å². The maximum absolute atomic E-state index is 5.11. The molecular formula is C7H18OSi. The summed E-state index contributed by atoms with van der Waals surface area (Å²) in [4.78, 5) is 0. The van der Waals surface area contributed by atoms with Crippen molar-refractivity contribution in [3.05, 3.63) is 0 Å². The fourth-order valence-corrected chi connectivity index (χ4v) is 1.22. The molecule has 0 aromatic carbocycles. The molecule has 2 heteroatoms. The zero-order valence-electron chi connectivity index (χ0n) is 6.81. The summed E-state index contributed by atoms with van der Waals surface area (Å²) in [6.07, 6.45) is 3.87. The Balaban J connectivity index is 3.09. The van der Waals surface area contributed by atoms with Gasteiger partial charge < -0.3 is 4.43 Å². The van der Waals surface area contributed by atoms with Gasteiger partial charge in [-0.2, -0.15) is 0 Å². The number of hydrogen-bond donors (Lipinski definition) is 0. The van der Waals surface area contributed by atoms with Gasteiger partial charge in [0, 0.05) is 6.61 Å². The first-order valence-corrected chi connectivity index (χ1v) is 4.65. The van der Waals surface area contributed by atoms with Crippen LogP contribution < -0.4 is 0 Å². The summed E-state index contributed by atoms with van der Waals surface area (Å²) in [6, 6.07) is 0. The van der Waals surface area contributed by atoms with Gasteiger partial charge in [-0.1, -0.05) is 26.7 Å². The lowest BCUT2D eigenvalue weighted by atomic mass is 10.0. The van der Waals surface area contributed by atoms with Crippen LogP contribution >= 0.6 is 0 Å². The number of rotatable bonds is 5. The van der Waals surface area contributed by atoms with E-state index in [4.69, 9.17) is 4.43 Å². The first-order valence-electron chi connectivity index (χ1n) is 3.84. The van der Waals surface area contributed by atoms with E-state index in [2.05, 4.69) is 13.8 Å². The Morgan fingerprint density at radius 1 is 1.33 bits per heavy atom. The fourth-order valence-electron chi connectivity index (χ4n) is 0.981. The molecule has 0 N–H and O–H groups in total. The molecule has 0 aromatic heterocycles. The predicted molar refractivity (Wildman–Crippen MR) is 44.6 cm³/mol. The fraction of sp³-hybridized carbons (Fsp3) is 1.00. The Morgan fingerprint density at radius 3 is 2.22 bits per heavy atom. The van der Waals surface area contributed by atoms with Crippen LogP contribution in [0.25, 0.3) is 0 Å². The third kappa shape index (κ3) is 4.67. The second-order valence-corrected chi connectivity index (χ2v) is 3.04. The van der Waals surface area contributed by atoms with Crippen molar-refractivity contribution in [1.29, 1.82) is 0 Å². The van der Waals surface area contributed by atoms with Crippen molar-refractivity contribution < 1.29 is 4.43 Å². The van der Waals surface area contributed by atoms with Gasteiger partial charge in [-0.25, -0.2) is 0 Å². The lowest BCUT2D eigenvalue weighted by Crippen LogP contribution is -2.01. The molecule has 0 aromatic rings. The molecular weight excluding hydrogens is 128 g/mol. The van der Waals surface area contributed by atoms with E-state index in [1.54, 1.807) is 0 Å². The summed E-state index contributed by atoms with van der Waals surface area (Å²) in [5.41, 5.74) is 0. The molecule has 1 nitrogen and oxygen atoms in total. The summed E-state index contributed by atoms with van der Waals surface area (Å²) in [5, 5.41) is 0. The minimum atomic E-state index is 0.900. The van der Waals surface area contributed by atoms with Gasteiger partial charge in [0.2, 0.25) is 0 Å². The van der Waals surface area contributed by atoms with Crippen molar-refractivity contribution >= 4 is 10.5 Å². The smallest absolute Gasteiger partial charge is 0.145 e. The summed E-state index contributed by atoms with van der Waals surface area (Å²) in [7, 11) is 0.900. The van der Waals surface area contributed by atoms with Gasteiger partial charge in [-0.3, -0.25) is 0 Å². The van der Waals surface area contributed by atoms with Crippen molar-refractivity contribution in [3.8, 4) is 0 Å². The van der Waals surface area contributed by atoms with E-state index in [9.17, 15) is 0 Å². The van der Waals surface area contributed by atoms with Crippen LogP contribution in [0, 0.1) is 5.92 Å². The van der Waals surface area contributed by atoms with E-state index in [1.807, 2.05) is 0 Å². The normalized spacial score (nSPS) is 11.0. The van der Waals surface area contributed by atoms with E-state index in [-0.39, 0.29) is 0 Å². The Kier molecular flexibility index (Phi) is 6.42. The van der Waals surface area contributed by atoms with E-state index in [1.165, 1.54) is 19.3 Å². The molecule has 0 bridgehead atoms. The number of hydrogen-bond acceptors (Lipinski definition) is 1. The van der Waals surface area contributed by atoms with Gasteiger partial charge in [-0.15, -0.1) is 0 Å². The first-order chi connectivity index (χ1) is 4.35. The molecule has 0 heterocycles. The van der Waals surface area contributed by atoms with Crippen LogP contribution in [0.2, 0.25) is 0 Å². The van der Waals surface area contributed by atoms with Crippen molar-refractivity contribution in [3.63, 3.8) is 0 Å². The topological polar surface area (TPSA) is 9.23 Å². The van der Waals surface area contributed by atoms with Gasteiger partial charge in [0.25, 0.3) is 0 Å². The minimum absolute atomic E-state index is 0.900. The lowest BCUT2D eigenvalue weighted by Gasteiger charge is -2.10. The molecule has 9 heavy (non-hydrogen) atoms. The molecule has 56 valence electrons. The second-order valence-electron chi connectivity index (χ2n) is 2.46. The molecule has 0 spiro atoms. The second kappa shape index (κ2) is 6.30. The molecule has 0 rings (SSSR count). The molecule has 0 saturated carbocycles. The average Bonchev–Trinajstić information content (AvgIpc) is 1.91. The Hall–Kier alpha value is 0.177. The molecule has 0 fully saturated rings. The molecule has 0 radical (unpaired) electrons. The SMILES string of the molecule is CCC(CC)CCO[SiH3]. The van der Waals surface area contributed by atoms with E-state index < -0.39 is 0 Å². The van der Waals surface area contributed by atoms with Crippen LogP contribution in [0.1, 0.15) is 33.1 Å². The molecule has 0 saturated heterocycles. The van der Waals surface area contributed by atoms with Crippen molar-refractivity contribution in [2.75, 3.05) is 6.61 Å². The van der Waals surface area contributed by atoms with E-state index in [0.717, 1.165) is 23.0 Å². The van der Waals surface area contributed by atoms with Crippen molar-refractivity contribution in [2.24, 2.45) is 5.92 Å². The highest BCUT2D eigenvalue weighted by Gasteiger charge is 2.00. The minimum Gasteiger partial charge on any atom is -0.428 e. The average molecular weight is 146 g/mol. The summed E-state index contributed by atoms with van der Waals surface area (Å²) >= 11 is 0. The monoisotopic (exact) mass is 146 g/mol. The molecule has 0 unspecified atom stereocenters. The Morgan fingerprint density at radius 2 is 1.89 bits per heavy atom. The molecule has 0 aliphatic carbocycles. The van der Waals surface area contributed by atoms with Gasteiger partial charge in [-0.05, 0) is 12.3 Å². The van der Waals surface area contributed by atoms with Crippen LogP contribution in [0.4, 0.5) is 0 Å². The van der Waals surface area contributed by atoms with Crippen molar-refractivity contribution in [2.45, 2.75) is 33.1 Å². The highest BCUT2D eigenvalue weighted by Crippen LogP contribution is 2.11. The van der Waals surface area contributed by atoms with Crippen LogP contribution in [0.3, 0.4) is 0 Å². The van der Waals surface area contributed by atoms with E-state index >= 15 is 0 Å². The van der Waals surface area contributed by atoms with E-state index in [0.29, 0.717) is 0 Å². The summed E-state index contributed by atoms with van der Waals surface area (Å²) in [6.45, 7) is 5.49. The summed E-state index contributed by atoms with van der Waals surface area (Å²) < 4.78 is 5.11.